The smallest absolute Gasteiger partial charge is 0.255 e. The van der Waals surface area contributed by atoms with Crippen molar-refractivity contribution in [1.29, 1.82) is 0 Å². The fourth-order valence-corrected chi connectivity index (χ4v) is 3.04. The van der Waals surface area contributed by atoms with E-state index >= 15 is 0 Å². The summed E-state index contributed by atoms with van der Waals surface area (Å²) in [5.41, 5.74) is 8.44. The van der Waals surface area contributed by atoms with Gasteiger partial charge in [0, 0.05) is 34.5 Å². The molecule has 0 radical (unpaired) electrons. The number of quaternary nitrogens is 1. The van der Waals surface area contributed by atoms with Gasteiger partial charge >= 0.3 is 0 Å². The highest BCUT2D eigenvalue weighted by Gasteiger charge is 2.20. The van der Waals surface area contributed by atoms with E-state index in [9.17, 15) is 9.59 Å². The van der Waals surface area contributed by atoms with Crippen LogP contribution in [0.25, 0.3) is 0 Å². The van der Waals surface area contributed by atoms with E-state index in [-0.39, 0.29) is 11.7 Å². The van der Waals surface area contributed by atoms with E-state index in [4.69, 9.17) is 11.6 Å². The van der Waals surface area contributed by atoms with Gasteiger partial charge in [0.2, 0.25) is 0 Å². The summed E-state index contributed by atoms with van der Waals surface area (Å²) in [6, 6.07) is 12.6. The van der Waals surface area contributed by atoms with Crippen LogP contribution in [-0.2, 0) is 11.3 Å². The van der Waals surface area contributed by atoms with E-state index in [0.717, 1.165) is 22.5 Å². The zero-order valence-corrected chi connectivity index (χ0v) is 15.3. The maximum absolute atomic E-state index is 12.4. The average molecular weight is 371 g/mol. The highest BCUT2D eigenvalue weighted by Crippen LogP contribution is 2.29. The Kier molecular flexibility index (Phi) is 5.40. The van der Waals surface area contributed by atoms with E-state index in [2.05, 4.69) is 16.4 Å². The van der Waals surface area contributed by atoms with Gasteiger partial charge in [-0.1, -0.05) is 23.7 Å². The molecule has 2 aromatic rings. The Hall–Kier alpha value is -2.63. The predicted molar refractivity (Wildman–Crippen MR) is 103 cm³/mol. The lowest BCUT2D eigenvalue weighted by molar-refractivity contribution is -0.386. The molecule has 0 spiro atoms. The molecule has 6 heteroatoms. The molecule has 0 saturated heterocycles. The van der Waals surface area contributed by atoms with Gasteiger partial charge in [0.1, 0.15) is 0 Å². The van der Waals surface area contributed by atoms with Gasteiger partial charge in [-0.25, -0.2) is 0 Å². The zero-order chi connectivity index (χ0) is 18.7. The van der Waals surface area contributed by atoms with E-state index in [0.29, 0.717) is 35.7 Å². The van der Waals surface area contributed by atoms with Crippen molar-refractivity contribution < 1.29 is 15.3 Å². The van der Waals surface area contributed by atoms with Crippen LogP contribution in [0.5, 0.6) is 0 Å². The minimum atomic E-state index is -0.229. The molecule has 0 atom stereocenters. The van der Waals surface area contributed by atoms with Crippen LogP contribution in [0.2, 0.25) is 5.02 Å². The molecule has 0 unspecified atom stereocenters. The number of carbonyl (C=O) groups excluding carboxylic acids is 2. The van der Waals surface area contributed by atoms with Crippen molar-refractivity contribution in [2.75, 3.05) is 10.6 Å². The highest BCUT2D eigenvalue weighted by atomic mass is 35.5. The SMILES string of the molecule is CC1=C(Nc2ccc(C(=O)Nc3ccc(C[NH3+])cc3)cc2Cl)CCC1=O. The second-order valence-electron chi connectivity index (χ2n) is 6.25. The van der Waals surface area contributed by atoms with Crippen molar-refractivity contribution in [3.63, 3.8) is 0 Å². The molecule has 26 heavy (non-hydrogen) atoms. The van der Waals surface area contributed by atoms with Crippen LogP contribution < -0.4 is 16.4 Å². The summed E-state index contributed by atoms with van der Waals surface area (Å²) in [6.45, 7) is 2.52. The minimum Gasteiger partial charge on any atom is -0.357 e. The third-order valence-electron chi connectivity index (χ3n) is 4.49. The van der Waals surface area contributed by atoms with E-state index in [1.807, 2.05) is 31.2 Å². The lowest BCUT2D eigenvalue weighted by atomic mass is 10.1. The van der Waals surface area contributed by atoms with Crippen LogP contribution in [0.4, 0.5) is 11.4 Å². The maximum atomic E-state index is 12.4. The number of hydrogen-bond donors (Lipinski definition) is 3. The standard InChI is InChI=1S/C20H20ClN3O2/c1-12-17(8-9-19(12)25)24-18-7-4-14(10-16(18)21)20(26)23-15-5-2-13(11-22)3-6-15/h2-7,10,24H,8-9,11,22H2,1H3,(H,23,26)/p+1. The molecule has 5 nitrogen and oxygen atoms in total. The molecule has 5 N–H and O–H groups in total. The van der Waals surface area contributed by atoms with Crippen molar-refractivity contribution in [1.82, 2.24) is 0 Å². The monoisotopic (exact) mass is 370 g/mol. The van der Waals surface area contributed by atoms with Crippen molar-refractivity contribution in [3.05, 3.63) is 69.9 Å². The first-order valence-corrected chi connectivity index (χ1v) is 8.85. The Balaban J connectivity index is 1.72. The second-order valence-corrected chi connectivity index (χ2v) is 6.65. The number of carbonyl (C=O) groups is 2. The van der Waals surface area contributed by atoms with Crippen LogP contribution in [-0.4, -0.2) is 11.7 Å². The molecular formula is C20H21ClN3O2+. The number of allylic oxidation sites excluding steroid dienone is 2. The van der Waals surface area contributed by atoms with Gasteiger partial charge in [-0.3, -0.25) is 9.59 Å². The quantitative estimate of drug-likeness (QED) is 0.754. The number of anilines is 2. The van der Waals surface area contributed by atoms with Crippen LogP contribution in [0, 0.1) is 0 Å². The normalized spacial score (nSPS) is 13.9. The lowest BCUT2D eigenvalue weighted by Gasteiger charge is -2.12. The van der Waals surface area contributed by atoms with Crippen LogP contribution in [0.1, 0.15) is 35.7 Å². The van der Waals surface area contributed by atoms with Gasteiger partial charge < -0.3 is 16.4 Å². The highest BCUT2D eigenvalue weighted by molar-refractivity contribution is 6.33. The molecule has 0 fully saturated rings. The first-order chi connectivity index (χ1) is 12.5. The number of rotatable bonds is 5. The first-order valence-electron chi connectivity index (χ1n) is 8.47. The zero-order valence-electron chi connectivity index (χ0n) is 14.6. The molecule has 0 heterocycles. The minimum absolute atomic E-state index is 0.157. The molecule has 0 saturated carbocycles. The van der Waals surface area contributed by atoms with Gasteiger partial charge in [0.15, 0.2) is 5.78 Å². The molecule has 134 valence electrons. The van der Waals surface area contributed by atoms with Gasteiger partial charge in [-0.15, -0.1) is 0 Å². The number of Topliss-reactive ketones (excluding diaryl/α,β-unsaturated/α-hetero) is 1. The molecule has 2 aromatic carbocycles. The summed E-state index contributed by atoms with van der Waals surface area (Å²) < 4.78 is 0. The van der Waals surface area contributed by atoms with Crippen LogP contribution in [0.15, 0.2) is 53.7 Å². The average Bonchev–Trinajstić information content (AvgIpc) is 2.96. The Morgan fingerprint density at radius 1 is 1.15 bits per heavy atom. The van der Waals surface area contributed by atoms with Crippen molar-refractivity contribution in [3.8, 4) is 0 Å². The first kappa shape index (κ1) is 18.2. The van der Waals surface area contributed by atoms with E-state index in [1.165, 1.54) is 0 Å². The largest absolute Gasteiger partial charge is 0.357 e. The summed E-state index contributed by atoms with van der Waals surface area (Å²) in [5.74, 6) is -0.0724. The van der Waals surface area contributed by atoms with E-state index < -0.39 is 0 Å². The third kappa shape index (κ3) is 3.95. The second kappa shape index (κ2) is 7.72. The molecule has 1 amide bonds. The topological polar surface area (TPSA) is 85.8 Å². The number of benzene rings is 2. The van der Waals surface area contributed by atoms with Gasteiger partial charge in [-0.05, 0) is 43.7 Å². The Morgan fingerprint density at radius 2 is 1.88 bits per heavy atom. The number of amides is 1. The summed E-state index contributed by atoms with van der Waals surface area (Å²) in [5, 5.41) is 6.49. The Morgan fingerprint density at radius 3 is 2.46 bits per heavy atom. The Labute approximate surface area is 157 Å². The summed E-state index contributed by atoms with van der Waals surface area (Å²) in [7, 11) is 0. The molecule has 3 rings (SSSR count). The molecule has 0 bridgehead atoms. The van der Waals surface area contributed by atoms with Crippen LogP contribution >= 0.6 is 11.6 Å². The van der Waals surface area contributed by atoms with Gasteiger partial charge in [0.05, 0.1) is 17.3 Å². The molecule has 0 aromatic heterocycles. The number of halogens is 1. The molecule has 1 aliphatic carbocycles. The molecular weight excluding hydrogens is 350 g/mol. The Bertz CT molecular complexity index is 888. The molecule has 0 aliphatic heterocycles. The number of hydrogen-bond acceptors (Lipinski definition) is 3. The summed E-state index contributed by atoms with van der Waals surface area (Å²) >= 11 is 6.32. The summed E-state index contributed by atoms with van der Waals surface area (Å²) in [4.78, 5) is 24.0. The van der Waals surface area contributed by atoms with Gasteiger partial charge in [-0.2, -0.15) is 0 Å². The van der Waals surface area contributed by atoms with E-state index in [1.54, 1.807) is 18.2 Å². The fourth-order valence-electron chi connectivity index (χ4n) is 2.82. The lowest BCUT2D eigenvalue weighted by Crippen LogP contribution is -2.47. The summed E-state index contributed by atoms with van der Waals surface area (Å²) in [6.07, 6.45) is 1.21. The third-order valence-corrected chi connectivity index (χ3v) is 4.80. The van der Waals surface area contributed by atoms with Crippen LogP contribution in [0.3, 0.4) is 0 Å². The molecule has 1 aliphatic rings. The predicted octanol–water partition coefficient (Wildman–Crippen LogP) is 3.38. The fraction of sp³-hybridized carbons (Fsp3) is 0.200. The number of nitrogens with one attached hydrogen (secondary N) is 2. The van der Waals surface area contributed by atoms with Crippen molar-refractivity contribution >= 4 is 34.7 Å². The van der Waals surface area contributed by atoms with Gasteiger partial charge in [0.25, 0.3) is 5.91 Å². The van der Waals surface area contributed by atoms with Crippen molar-refractivity contribution in [2.45, 2.75) is 26.3 Å². The number of ketones is 1. The maximum Gasteiger partial charge on any atom is 0.255 e. The van der Waals surface area contributed by atoms with Crippen molar-refractivity contribution in [2.24, 2.45) is 0 Å².